The molecule has 0 aliphatic rings. The third-order valence-corrected chi connectivity index (χ3v) is 8.90. The van der Waals surface area contributed by atoms with E-state index in [1.54, 1.807) is 18.2 Å². The monoisotopic (exact) mass is 489 g/mol. The molecule has 0 fully saturated rings. The summed E-state index contributed by atoms with van der Waals surface area (Å²) in [6.45, 7) is 4.44. The number of fused-ring (bicyclic) bond motifs is 3. The molecule has 0 saturated heterocycles. The maximum atomic E-state index is 13.5. The lowest BCUT2D eigenvalue weighted by Gasteiger charge is -2.18. The van der Waals surface area contributed by atoms with E-state index in [0.29, 0.717) is 34.0 Å². The molecule has 0 unspecified atom stereocenters. The summed E-state index contributed by atoms with van der Waals surface area (Å²) in [7, 11) is -3.57. The molecule has 5 rings (SSSR count). The van der Waals surface area contributed by atoms with Gasteiger partial charge < -0.3 is 0 Å². The van der Waals surface area contributed by atoms with Gasteiger partial charge in [0.15, 0.2) is 5.13 Å². The first-order valence-corrected chi connectivity index (χ1v) is 13.3. The van der Waals surface area contributed by atoms with Crippen LogP contribution in [0.1, 0.15) is 24.2 Å². The van der Waals surface area contributed by atoms with Gasteiger partial charge in [-0.15, -0.1) is 0 Å². The molecular weight excluding hydrogens is 466 g/mol. The molecule has 34 heavy (non-hydrogen) atoms. The summed E-state index contributed by atoms with van der Waals surface area (Å²) in [6, 6.07) is 22.6. The third kappa shape index (κ3) is 3.83. The summed E-state index contributed by atoms with van der Waals surface area (Å²) in [5.74, 6) is -0.247. The second kappa shape index (κ2) is 8.79. The zero-order valence-electron chi connectivity index (χ0n) is 18.8. The average Bonchev–Trinajstić information content (AvgIpc) is 3.24. The molecule has 8 heteroatoms. The Kier molecular flexibility index (Phi) is 5.81. The summed E-state index contributed by atoms with van der Waals surface area (Å²) in [4.78, 5) is 18.2. The molecule has 1 heterocycles. The summed E-state index contributed by atoms with van der Waals surface area (Å²) < 4.78 is 27.9. The van der Waals surface area contributed by atoms with Crippen molar-refractivity contribution in [3.63, 3.8) is 0 Å². The molecule has 6 nitrogen and oxygen atoms in total. The van der Waals surface area contributed by atoms with E-state index in [1.807, 2.05) is 62.4 Å². The molecule has 1 N–H and O–H groups in total. The number of hydrogen-bond acceptors (Lipinski definition) is 5. The van der Waals surface area contributed by atoms with E-state index < -0.39 is 10.0 Å². The van der Waals surface area contributed by atoms with Gasteiger partial charge in [-0.1, -0.05) is 73.7 Å². The first kappa shape index (κ1) is 22.5. The summed E-state index contributed by atoms with van der Waals surface area (Å²) in [6.07, 6.45) is 0. The average molecular weight is 490 g/mol. The third-order valence-electron chi connectivity index (χ3n) is 5.92. The van der Waals surface area contributed by atoms with Gasteiger partial charge in [-0.05, 0) is 45.8 Å². The maximum absolute atomic E-state index is 13.5. The maximum Gasteiger partial charge on any atom is 0.258 e. The number of thiazole rings is 1. The van der Waals surface area contributed by atoms with Crippen molar-refractivity contribution in [3.8, 4) is 0 Å². The van der Waals surface area contributed by atoms with Crippen LogP contribution in [-0.2, 0) is 10.0 Å². The normalized spacial score (nSPS) is 12.1. The van der Waals surface area contributed by atoms with Crippen LogP contribution in [0.4, 0.5) is 5.13 Å². The van der Waals surface area contributed by atoms with E-state index in [-0.39, 0.29) is 10.8 Å². The van der Waals surface area contributed by atoms with Crippen LogP contribution in [0.15, 0.2) is 77.7 Å². The SMILES string of the molecule is CCN(CC)S(=O)(=O)c1ccc2nc(NC(=O)c3c4ccccc4cc4ccccc34)sc2c1. The highest BCUT2D eigenvalue weighted by Crippen LogP contribution is 2.32. The molecule has 0 atom stereocenters. The zero-order chi connectivity index (χ0) is 23.9. The lowest BCUT2D eigenvalue weighted by atomic mass is 9.96. The molecule has 0 aliphatic heterocycles. The van der Waals surface area contributed by atoms with Crippen molar-refractivity contribution in [2.45, 2.75) is 18.7 Å². The summed E-state index contributed by atoms with van der Waals surface area (Å²) >= 11 is 1.26. The highest BCUT2D eigenvalue weighted by molar-refractivity contribution is 7.89. The first-order valence-electron chi connectivity index (χ1n) is 11.0. The smallest absolute Gasteiger partial charge is 0.258 e. The van der Waals surface area contributed by atoms with Crippen molar-refractivity contribution in [1.29, 1.82) is 0 Å². The van der Waals surface area contributed by atoms with E-state index in [4.69, 9.17) is 0 Å². The summed E-state index contributed by atoms with van der Waals surface area (Å²) in [5, 5.41) is 7.08. The van der Waals surface area contributed by atoms with Crippen molar-refractivity contribution in [1.82, 2.24) is 9.29 Å². The number of rotatable bonds is 6. The Hall–Kier alpha value is -3.33. The number of carbonyl (C=O) groups is 1. The topological polar surface area (TPSA) is 79.4 Å². The molecule has 0 bridgehead atoms. The second-order valence-electron chi connectivity index (χ2n) is 7.89. The minimum Gasteiger partial charge on any atom is -0.298 e. The lowest BCUT2D eigenvalue weighted by Crippen LogP contribution is -2.30. The van der Waals surface area contributed by atoms with E-state index in [9.17, 15) is 13.2 Å². The molecule has 4 aromatic carbocycles. The van der Waals surface area contributed by atoms with Crippen LogP contribution in [0.5, 0.6) is 0 Å². The number of amides is 1. The highest BCUT2D eigenvalue weighted by atomic mass is 32.2. The van der Waals surface area contributed by atoms with Crippen molar-refractivity contribution in [2.75, 3.05) is 18.4 Å². The van der Waals surface area contributed by atoms with Crippen LogP contribution in [-0.4, -0.2) is 36.7 Å². The van der Waals surface area contributed by atoms with Gasteiger partial charge in [0.2, 0.25) is 10.0 Å². The lowest BCUT2D eigenvalue weighted by molar-refractivity contribution is 0.103. The Bertz CT molecular complexity index is 1600. The van der Waals surface area contributed by atoms with Gasteiger partial charge in [0.05, 0.1) is 20.7 Å². The van der Waals surface area contributed by atoms with Gasteiger partial charge in [0.1, 0.15) is 0 Å². The number of anilines is 1. The minimum atomic E-state index is -3.57. The molecular formula is C26H23N3O3S2. The Labute approximate surface area is 201 Å². The molecule has 0 spiro atoms. The van der Waals surface area contributed by atoms with Crippen LogP contribution in [0.25, 0.3) is 31.8 Å². The molecule has 0 radical (unpaired) electrons. The van der Waals surface area contributed by atoms with E-state index in [1.165, 1.54) is 15.6 Å². The van der Waals surface area contributed by atoms with Gasteiger partial charge >= 0.3 is 0 Å². The quantitative estimate of drug-likeness (QED) is 0.302. The number of nitrogens with one attached hydrogen (secondary N) is 1. The van der Waals surface area contributed by atoms with Crippen LogP contribution in [0, 0.1) is 0 Å². The van der Waals surface area contributed by atoms with Crippen molar-refractivity contribution in [2.24, 2.45) is 0 Å². The number of hydrogen-bond donors (Lipinski definition) is 1. The Morgan fingerprint density at radius 2 is 1.53 bits per heavy atom. The Balaban J connectivity index is 1.54. The fraction of sp³-hybridized carbons (Fsp3) is 0.154. The van der Waals surface area contributed by atoms with Crippen molar-refractivity contribution >= 4 is 64.2 Å². The molecule has 0 saturated carbocycles. The van der Waals surface area contributed by atoms with Crippen LogP contribution >= 0.6 is 11.3 Å². The molecule has 0 aliphatic carbocycles. The van der Waals surface area contributed by atoms with Crippen LogP contribution < -0.4 is 5.32 Å². The van der Waals surface area contributed by atoms with Crippen LogP contribution in [0.3, 0.4) is 0 Å². The van der Waals surface area contributed by atoms with Gasteiger partial charge in [0, 0.05) is 13.1 Å². The van der Waals surface area contributed by atoms with Gasteiger partial charge in [-0.25, -0.2) is 13.4 Å². The molecule has 5 aromatic rings. The van der Waals surface area contributed by atoms with Crippen LogP contribution in [0.2, 0.25) is 0 Å². The number of benzene rings is 4. The second-order valence-corrected chi connectivity index (χ2v) is 10.9. The van der Waals surface area contributed by atoms with Crippen molar-refractivity contribution < 1.29 is 13.2 Å². The standard InChI is InChI=1S/C26H23N3O3S2/c1-3-29(4-2)34(31,32)19-13-14-22-23(16-19)33-26(27-22)28-25(30)24-20-11-7-5-9-17(20)15-18-10-6-8-12-21(18)24/h5-16H,3-4H2,1-2H3,(H,27,28,30). The largest absolute Gasteiger partial charge is 0.298 e. The molecule has 1 aromatic heterocycles. The fourth-order valence-corrected chi connectivity index (χ4v) is 6.71. The fourth-order valence-electron chi connectivity index (χ4n) is 4.25. The Morgan fingerprint density at radius 3 is 2.15 bits per heavy atom. The van der Waals surface area contributed by atoms with Gasteiger partial charge in [-0.3, -0.25) is 10.1 Å². The molecule has 172 valence electrons. The van der Waals surface area contributed by atoms with E-state index in [2.05, 4.69) is 16.4 Å². The number of nitrogens with zero attached hydrogens (tertiary/aromatic N) is 2. The zero-order valence-corrected chi connectivity index (χ0v) is 20.4. The Morgan fingerprint density at radius 1 is 0.912 bits per heavy atom. The predicted octanol–water partition coefficient (Wildman–Crippen LogP) is 5.89. The number of sulfonamides is 1. The van der Waals surface area contributed by atoms with Gasteiger partial charge in [-0.2, -0.15) is 4.31 Å². The summed E-state index contributed by atoms with van der Waals surface area (Å²) in [5.41, 5.74) is 1.24. The molecule has 1 amide bonds. The predicted molar refractivity (Wildman–Crippen MR) is 139 cm³/mol. The van der Waals surface area contributed by atoms with Crippen molar-refractivity contribution in [3.05, 3.63) is 78.4 Å². The highest BCUT2D eigenvalue weighted by Gasteiger charge is 2.23. The minimum absolute atomic E-state index is 0.227. The van der Waals surface area contributed by atoms with Gasteiger partial charge in [0.25, 0.3) is 5.91 Å². The van der Waals surface area contributed by atoms with E-state index in [0.717, 1.165) is 21.5 Å². The first-order chi connectivity index (χ1) is 16.4. The number of carbonyl (C=O) groups excluding carboxylic acids is 1. The van der Waals surface area contributed by atoms with E-state index >= 15 is 0 Å². The number of aromatic nitrogens is 1.